The maximum absolute atomic E-state index is 12.3. The molecule has 0 bridgehead atoms. The summed E-state index contributed by atoms with van der Waals surface area (Å²) in [5, 5.41) is 15.7. The van der Waals surface area contributed by atoms with Gasteiger partial charge in [0.15, 0.2) is 0 Å². The minimum absolute atomic E-state index is 0.0823. The minimum Gasteiger partial charge on any atom is -0.350 e. The number of carbonyl (C=O) groups excluding carboxylic acids is 2. The zero-order chi connectivity index (χ0) is 18.4. The summed E-state index contributed by atoms with van der Waals surface area (Å²) in [4.78, 5) is 26.0. The second kappa shape index (κ2) is 8.32. The van der Waals surface area contributed by atoms with E-state index in [0.29, 0.717) is 23.7 Å². The first-order valence-corrected chi connectivity index (χ1v) is 8.68. The van der Waals surface area contributed by atoms with Gasteiger partial charge in [-0.3, -0.25) is 9.59 Å². The van der Waals surface area contributed by atoms with E-state index in [2.05, 4.69) is 16.7 Å². The van der Waals surface area contributed by atoms with Crippen molar-refractivity contribution in [3.63, 3.8) is 0 Å². The number of carbonyl (C=O) groups is 2. The van der Waals surface area contributed by atoms with E-state index in [1.165, 1.54) is 0 Å². The molecular weight excluding hydrogens is 340 g/mol. The first kappa shape index (κ1) is 19.2. The van der Waals surface area contributed by atoms with E-state index in [4.69, 9.17) is 16.9 Å². The van der Waals surface area contributed by atoms with Crippen LogP contribution in [-0.4, -0.2) is 47.9 Å². The van der Waals surface area contributed by atoms with Crippen LogP contribution in [0.4, 0.5) is 0 Å². The number of halogens is 1. The summed E-state index contributed by atoms with van der Waals surface area (Å²) >= 11 is 5.81. The molecule has 134 valence electrons. The maximum atomic E-state index is 12.3. The summed E-state index contributed by atoms with van der Waals surface area (Å²) in [5.41, 5.74) is 0.0739. The summed E-state index contributed by atoms with van der Waals surface area (Å²) in [6.45, 7) is 4.96. The molecule has 1 atom stereocenters. The third-order valence-electron chi connectivity index (χ3n) is 4.24. The Bertz CT molecular complexity index is 667. The van der Waals surface area contributed by atoms with E-state index in [9.17, 15) is 9.59 Å². The molecule has 2 N–H and O–H groups in total. The van der Waals surface area contributed by atoms with Crippen LogP contribution >= 0.6 is 11.6 Å². The molecule has 2 amide bonds. The van der Waals surface area contributed by atoms with Gasteiger partial charge in [-0.05, 0) is 51.0 Å². The van der Waals surface area contributed by atoms with Gasteiger partial charge in [-0.25, -0.2) is 0 Å². The van der Waals surface area contributed by atoms with Crippen molar-refractivity contribution >= 4 is 23.4 Å². The van der Waals surface area contributed by atoms with Crippen LogP contribution in [0.5, 0.6) is 0 Å². The van der Waals surface area contributed by atoms with Crippen LogP contribution in [0, 0.1) is 11.3 Å². The van der Waals surface area contributed by atoms with Crippen LogP contribution < -0.4 is 10.6 Å². The number of hydrogen-bond donors (Lipinski definition) is 2. The smallest absolute Gasteiger partial charge is 0.251 e. The molecule has 0 radical (unpaired) electrons. The average molecular weight is 363 g/mol. The molecule has 1 aromatic carbocycles. The molecule has 25 heavy (non-hydrogen) atoms. The number of nitriles is 1. The third kappa shape index (κ3) is 5.45. The van der Waals surface area contributed by atoms with Crippen LogP contribution in [0.15, 0.2) is 24.3 Å². The molecule has 0 unspecified atom stereocenters. The van der Waals surface area contributed by atoms with Gasteiger partial charge in [0.25, 0.3) is 5.91 Å². The molecule has 1 saturated heterocycles. The van der Waals surface area contributed by atoms with E-state index in [0.717, 1.165) is 12.8 Å². The molecule has 2 rings (SSSR count). The van der Waals surface area contributed by atoms with Crippen molar-refractivity contribution in [1.29, 1.82) is 5.26 Å². The topological polar surface area (TPSA) is 85.2 Å². The highest BCUT2D eigenvalue weighted by atomic mass is 35.5. The Kier molecular flexibility index (Phi) is 6.40. The van der Waals surface area contributed by atoms with Gasteiger partial charge in [0.05, 0.1) is 12.6 Å². The molecule has 1 fully saturated rings. The van der Waals surface area contributed by atoms with Crippen molar-refractivity contribution in [2.75, 3.05) is 19.6 Å². The lowest BCUT2D eigenvalue weighted by Gasteiger charge is -2.28. The summed E-state index contributed by atoms with van der Waals surface area (Å²) in [6.07, 6.45) is 1.60. The van der Waals surface area contributed by atoms with E-state index in [1.807, 2.05) is 13.8 Å². The largest absolute Gasteiger partial charge is 0.350 e. The number of benzene rings is 1. The second-order valence-corrected chi connectivity index (χ2v) is 7.24. The monoisotopic (exact) mass is 362 g/mol. The molecule has 0 saturated carbocycles. The van der Waals surface area contributed by atoms with E-state index in [-0.39, 0.29) is 24.4 Å². The Hall–Kier alpha value is -2.10. The number of rotatable bonds is 6. The zero-order valence-corrected chi connectivity index (χ0v) is 15.3. The highest BCUT2D eigenvalue weighted by molar-refractivity contribution is 6.30. The standard InChI is InChI=1S/C18H23ClN4O2/c1-18(2,12-21-17(25)13-5-7-14(19)8-6-13)22-11-16(24)23-9-3-4-15(23)10-20/h5-8,15,22H,3-4,9,11-12H2,1-2H3,(H,21,25)/t15-/m0/s1. The fourth-order valence-electron chi connectivity index (χ4n) is 2.68. The SMILES string of the molecule is CC(C)(CNC(=O)c1ccc(Cl)cc1)NCC(=O)N1CCC[C@H]1C#N. The number of likely N-dealkylation sites (tertiary alicyclic amines) is 1. The Morgan fingerprint density at radius 2 is 2.04 bits per heavy atom. The summed E-state index contributed by atoms with van der Waals surface area (Å²) in [6, 6.07) is 8.51. The summed E-state index contributed by atoms with van der Waals surface area (Å²) < 4.78 is 0. The summed E-state index contributed by atoms with van der Waals surface area (Å²) in [7, 11) is 0. The van der Waals surface area contributed by atoms with Crippen molar-refractivity contribution < 1.29 is 9.59 Å². The zero-order valence-electron chi connectivity index (χ0n) is 14.5. The summed E-state index contributed by atoms with van der Waals surface area (Å²) in [5.74, 6) is -0.275. The van der Waals surface area contributed by atoms with Crippen LogP contribution in [-0.2, 0) is 4.79 Å². The van der Waals surface area contributed by atoms with Gasteiger partial charge < -0.3 is 15.5 Å². The van der Waals surface area contributed by atoms with Gasteiger partial charge in [0.2, 0.25) is 5.91 Å². The normalized spacial score (nSPS) is 17.2. The lowest BCUT2D eigenvalue weighted by Crippen LogP contribution is -2.52. The quantitative estimate of drug-likeness (QED) is 0.810. The van der Waals surface area contributed by atoms with Gasteiger partial charge in [0.1, 0.15) is 6.04 Å². The molecule has 0 aromatic heterocycles. The molecule has 0 spiro atoms. The average Bonchev–Trinajstić information content (AvgIpc) is 3.07. The highest BCUT2D eigenvalue weighted by Gasteiger charge is 2.29. The van der Waals surface area contributed by atoms with Crippen molar-refractivity contribution in [3.05, 3.63) is 34.9 Å². The van der Waals surface area contributed by atoms with E-state index >= 15 is 0 Å². The lowest BCUT2D eigenvalue weighted by atomic mass is 10.1. The second-order valence-electron chi connectivity index (χ2n) is 6.80. The first-order valence-electron chi connectivity index (χ1n) is 8.30. The van der Waals surface area contributed by atoms with Gasteiger partial charge in [0, 0.05) is 29.2 Å². The van der Waals surface area contributed by atoms with Gasteiger partial charge >= 0.3 is 0 Å². The number of nitrogens with zero attached hydrogens (tertiary/aromatic N) is 2. The number of hydrogen-bond acceptors (Lipinski definition) is 4. The van der Waals surface area contributed by atoms with Crippen LogP contribution in [0.25, 0.3) is 0 Å². The minimum atomic E-state index is -0.459. The van der Waals surface area contributed by atoms with Crippen LogP contribution in [0.1, 0.15) is 37.0 Å². The van der Waals surface area contributed by atoms with Gasteiger partial charge in [-0.15, -0.1) is 0 Å². The Morgan fingerprint density at radius 1 is 1.36 bits per heavy atom. The van der Waals surface area contributed by atoms with Crippen molar-refractivity contribution in [1.82, 2.24) is 15.5 Å². The highest BCUT2D eigenvalue weighted by Crippen LogP contribution is 2.16. The maximum Gasteiger partial charge on any atom is 0.251 e. The van der Waals surface area contributed by atoms with Crippen molar-refractivity contribution in [3.8, 4) is 6.07 Å². The van der Waals surface area contributed by atoms with Crippen LogP contribution in [0.2, 0.25) is 5.02 Å². The molecule has 0 aliphatic carbocycles. The molecule has 1 aliphatic heterocycles. The van der Waals surface area contributed by atoms with Crippen molar-refractivity contribution in [2.24, 2.45) is 0 Å². The van der Waals surface area contributed by atoms with E-state index in [1.54, 1.807) is 29.2 Å². The molecule has 1 aromatic rings. The Morgan fingerprint density at radius 3 is 2.68 bits per heavy atom. The predicted molar refractivity (Wildman–Crippen MR) is 96.2 cm³/mol. The third-order valence-corrected chi connectivity index (χ3v) is 4.49. The van der Waals surface area contributed by atoms with Crippen molar-refractivity contribution in [2.45, 2.75) is 38.3 Å². The molecule has 1 heterocycles. The molecular formula is C18H23ClN4O2. The van der Waals surface area contributed by atoms with Gasteiger partial charge in [-0.2, -0.15) is 5.26 Å². The van der Waals surface area contributed by atoms with E-state index < -0.39 is 5.54 Å². The fraction of sp³-hybridized carbons (Fsp3) is 0.500. The fourth-order valence-corrected chi connectivity index (χ4v) is 2.81. The molecule has 1 aliphatic rings. The van der Waals surface area contributed by atoms with Gasteiger partial charge in [-0.1, -0.05) is 11.6 Å². The first-order chi connectivity index (χ1) is 11.8. The lowest BCUT2D eigenvalue weighted by molar-refractivity contribution is -0.130. The molecule has 6 nitrogen and oxygen atoms in total. The predicted octanol–water partition coefficient (Wildman–Crippen LogP) is 1.95. The molecule has 7 heteroatoms. The number of amides is 2. The van der Waals surface area contributed by atoms with Crippen LogP contribution in [0.3, 0.4) is 0 Å². The Labute approximate surface area is 153 Å². The Balaban J connectivity index is 1.81. The number of nitrogens with one attached hydrogen (secondary N) is 2.